The molecule has 0 saturated carbocycles. The van der Waals surface area contributed by atoms with Crippen LogP contribution in [-0.2, 0) is 0 Å². The van der Waals surface area contributed by atoms with Gasteiger partial charge in [-0.05, 0) is 16.3 Å². The molecular formula is C11H10FNS. The van der Waals surface area contributed by atoms with E-state index in [-0.39, 0.29) is 12.1 Å². The molecule has 0 bridgehead atoms. The van der Waals surface area contributed by atoms with Crippen LogP contribution in [0, 0.1) is 0 Å². The maximum absolute atomic E-state index is 12.4. The Hall–Kier alpha value is -1.06. The maximum Gasteiger partial charge on any atom is 0.109 e. The summed E-state index contributed by atoms with van der Waals surface area (Å²) in [5.41, 5.74) is 6.49. The fourth-order valence-corrected chi connectivity index (χ4v) is 1.85. The number of fused-ring (bicyclic) bond motifs is 1. The van der Waals surface area contributed by atoms with Crippen molar-refractivity contribution in [2.45, 2.75) is 5.37 Å². The lowest BCUT2D eigenvalue weighted by Crippen LogP contribution is -2.04. The first-order valence-electron chi connectivity index (χ1n) is 4.33. The molecule has 0 spiro atoms. The van der Waals surface area contributed by atoms with Gasteiger partial charge in [0.05, 0.1) is 12.1 Å². The predicted molar refractivity (Wildman–Crippen MR) is 59.6 cm³/mol. The second kappa shape index (κ2) is 3.98. The SMILES string of the molecule is NC(SF)c1cccc2ccccc12. The largest absolute Gasteiger partial charge is 0.313 e. The summed E-state index contributed by atoms with van der Waals surface area (Å²) in [5, 5.41) is 1.52. The van der Waals surface area contributed by atoms with Crippen LogP contribution in [0.3, 0.4) is 0 Å². The highest BCUT2D eigenvalue weighted by Crippen LogP contribution is 2.29. The highest BCUT2D eigenvalue weighted by atomic mass is 32.2. The predicted octanol–water partition coefficient (Wildman–Crippen LogP) is 3.41. The zero-order valence-electron chi connectivity index (χ0n) is 7.48. The van der Waals surface area contributed by atoms with E-state index in [9.17, 15) is 3.89 Å². The number of hydrogen-bond donors (Lipinski definition) is 1. The first-order chi connectivity index (χ1) is 6.83. The third-order valence-electron chi connectivity index (χ3n) is 2.23. The second-order valence-electron chi connectivity index (χ2n) is 3.08. The van der Waals surface area contributed by atoms with Crippen LogP contribution in [0.25, 0.3) is 10.8 Å². The molecule has 2 aromatic rings. The van der Waals surface area contributed by atoms with E-state index in [0.717, 1.165) is 16.3 Å². The number of halogens is 1. The molecule has 2 N–H and O–H groups in total. The molecule has 2 aromatic carbocycles. The van der Waals surface area contributed by atoms with Crippen molar-refractivity contribution >= 4 is 22.9 Å². The topological polar surface area (TPSA) is 26.0 Å². The van der Waals surface area contributed by atoms with Gasteiger partial charge in [-0.3, -0.25) is 0 Å². The quantitative estimate of drug-likeness (QED) is 0.764. The zero-order chi connectivity index (χ0) is 9.97. The summed E-state index contributed by atoms with van der Waals surface area (Å²) < 4.78 is 12.4. The summed E-state index contributed by atoms with van der Waals surface area (Å²) in [6, 6.07) is 13.6. The normalized spacial score (nSPS) is 13.0. The van der Waals surface area contributed by atoms with Crippen LogP contribution in [-0.4, -0.2) is 0 Å². The van der Waals surface area contributed by atoms with Crippen molar-refractivity contribution < 1.29 is 3.89 Å². The number of hydrogen-bond acceptors (Lipinski definition) is 2. The molecule has 3 heteroatoms. The third kappa shape index (κ3) is 1.61. The van der Waals surface area contributed by atoms with Crippen LogP contribution in [0.4, 0.5) is 3.89 Å². The minimum atomic E-state index is -0.596. The first kappa shape index (κ1) is 9.49. The van der Waals surface area contributed by atoms with Crippen molar-refractivity contribution in [3.8, 4) is 0 Å². The minimum Gasteiger partial charge on any atom is -0.313 e. The van der Waals surface area contributed by atoms with E-state index < -0.39 is 5.37 Å². The van der Waals surface area contributed by atoms with Gasteiger partial charge in [0.25, 0.3) is 0 Å². The van der Waals surface area contributed by atoms with Crippen molar-refractivity contribution in [3.63, 3.8) is 0 Å². The van der Waals surface area contributed by atoms with Gasteiger partial charge in [0.1, 0.15) is 5.37 Å². The zero-order valence-corrected chi connectivity index (χ0v) is 8.30. The lowest BCUT2D eigenvalue weighted by molar-refractivity contribution is 0.891. The van der Waals surface area contributed by atoms with Gasteiger partial charge in [0, 0.05) is 0 Å². The fourth-order valence-electron chi connectivity index (χ4n) is 1.55. The Balaban J connectivity index is 2.65. The summed E-state index contributed by atoms with van der Waals surface area (Å²) in [6.45, 7) is 0. The van der Waals surface area contributed by atoms with E-state index >= 15 is 0 Å². The summed E-state index contributed by atoms with van der Waals surface area (Å²) in [7, 11) is 0. The van der Waals surface area contributed by atoms with Crippen molar-refractivity contribution in [2.75, 3.05) is 0 Å². The van der Waals surface area contributed by atoms with E-state index in [1.54, 1.807) is 0 Å². The Morgan fingerprint density at radius 2 is 1.79 bits per heavy atom. The molecule has 72 valence electrons. The number of nitrogens with two attached hydrogens (primary N) is 1. The number of benzene rings is 2. The molecule has 0 heterocycles. The van der Waals surface area contributed by atoms with E-state index in [1.807, 2.05) is 42.5 Å². The van der Waals surface area contributed by atoms with Gasteiger partial charge in [-0.15, -0.1) is 0 Å². The standard InChI is InChI=1S/C11H10FNS/c12-14-11(13)10-7-3-5-8-4-1-2-6-9(8)10/h1-7,11H,13H2. The van der Waals surface area contributed by atoms with E-state index in [4.69, 9.17) is 5.73 Å². The molecule has 14 heavy (non-hydrogen) atoms. The first-order valence-corrected chi connectivity index (χ1v) is 5.11. The minimum absolute atomic E-state index is 0.170. The Morgan fingerprint density at radius 3 is 2.57 bits per heavy atom. The highest BCUT2D eigenvalue weighted by Gasteiger charge is 2.09. The molecule has 1 unspecified atom stereocenters. The molecule has 0 aliphatic carbocycles. The molecule has 0 saturated heterocycles. The van der Waals surface area contributed by atoms with Crippen molar-refractivity contribution in [1.29, 1.82) is 0 Å². The molecule has 0 radical (unpaired) electrons. The molecular weight excluding hydrogens is 197 g/mol. The molecule has 0 aliphatic heterocycles. The molecule has 1 nitrogen and oxygen atoms in total. The van der Waals surface area contributed by atoms with Gasteiger partial charge in [-0.25, -0.2) is 0 Å². The van der Waals surface area contributed by atoms with E-state index in [0.29, 0.717) is 0 Å². The Labute approximate surface area is 86.4 Å². The monoisotopic (exact) mass is 207 g/mol. The smallest absolute Gasteiger partial charge is 0.109 e. The van der Waals surface area contributed by atoms with Crippen LogP contribution in [0.5, 0.6) is 0 Å². The lowest BCUT2D eigenvalue weighted by Gasteiger charge is -2.09. The van der Waals surface area contributed by atoms with E-state index in [1.165, 1.54) is 0 Å². The van der Waals surface area contributed by atoms with Gasteiger partial charge in [-0.1, -0.05) is 42.5 Å². The third-order valence-corrected chi connectivity index (χ3v) is 2.67. The summed E-state index contributed by atoms with van der Waals surface area (Å²) in [6.07, 6.45) is 0. The maximum atomic E-state index is 12.4. The molecule has 0 aliphatic rings. The fraction of sp³-hybridized carbons (Fsp3) is 0.0909. The van der Waals surface area contributed by atoms with Crippen molar-refractivity contribution in [2.24, 2.45) is 5.73 Å². The van der Waals surface area contributed by atoms with E-state index in [2.05, 4.69) is 0 Å². The summed E-state index contributed by atoms with van der Waals surface area (Å²) in [5.74, 6) is 0. The summed E-state index contributed by atoms with van der Waals surface area (Å²) in [4.78, 5) is 0. The van der Waals surface area contributed by atoms with Gasteiger partial charge < -0.3 is 5.73 Å². The van der Waals surface area contributed by atoms with Gasteiger partial charge in [-0.2, -0.15) is 3.89 Å². The van der Waals surface area contributed by atoms with Crippen LogP contribution < -0.4 is 5.73 Å². The van der Waals surface area contributed by atoms with Crippen LogP contribution in [0.1, 0.15) is 10.9 Å². The molecule has 0 amide bonds. The van der Waals surface area contributed by atoms with Crippen LogP contribution in [0.2, 0.25) is 0 Å². The van der Waals surface area contributed by atoms with Gasteiger partial charge >= 0.3 is 0 Å². The second-order valence-corrected chi connectivity index (χ2v) is 3.76. The van der Waals surface area contributed by atoms with Crippen molar-refractivity contribution in [3.05, 3.63) is 48.0 Å². The highest BCUT2D eigenvalue weighted by molar-refractivity contribution is 7.94. The summed E-state index contributed by atoms with van der Waals surface area (Å²) >= 11 is 0.170. The van der Waals surface area contributed by atoms with Gasteiger partial charge in [0.15, 0.2) is 0 Å². The average Bonchev–Trinajstić information content (AvgIpc) is 2.27. The average molecular weight is 207 g/mol. The molecule has 0 fully saturated rings. The van der Waals surface area contributed by atoms with Crippen LogP contribution in [0.15, 0.2) is 42.5 Å². The molecule has 1 atom stereocenters. The Kier molecular flexibility index (Phi) is 2.70. The molecule has 2 rings (SSSR count). The van der Waals surface area contributed by atoms with Crippen molar-refractivity contribution in [1.82, 2.24) is 0 Å². The Morgan fingerprint density at radius 1 is 1.07 bits per heavy atom. The Bertz CT molecular complexity index is 439. The van der Waals surface area contributed by atoms with Gasteiger partial charge in [0.2, 0.25) is 0 Å². The number of rotatable bonds is 2. The lowest BCUT2D eigenvalue weighted by atomic mass is 10.0. The van der Waals surface area contributed by atoms with Crippen LogP contribution >= 0.6 is 12.1 Å². The molecule has 0 aromatic heterocycles.